The van der Waals surface area contributed by atoms with Gasteiger partial charge >= 0.3 is 0 Å². The first kappa shape index (κ1) is 14.9. The summed E-state index contributed by atoms with van der Waals surface area (Å²) >= 11 is 0. The quantitative estimate of drug-likeness (QED) is 0.781. The first-order valence-corrected chi connectivity index (χ1v) is 6.58. The Morgan fingerprint density at radius 2 is 2.22 bits per heavy atom. The summed E-state index contributed by atoms with van der Waals surface area (Å²) in [7, 11) is 1.75. The molecule has 1 heterocycles. The summed E-state index contributed by atoms with van der Waals surface area (Å²) < 4.78 is 5.71. The summed E-state index contributed by atoms with van der Waals surface area (Å²) in [5.41, 5.74) is 6.72. The Kier molecular flexibility index (Phi) is 5.56. The maximum atomic E-state index is 5.99. The number of nitrogens with zero attached hydrogens (tertiary/aromatic N) is 1. The Morgan fingerprint density at radius 1 is 1.50 bits per heavy atom. The molecule has 0 aliphatic heterocycles. The second kappa shape index (κ2) is 6.71. The Morgan fingerprint density at radius 3 is 2.72 bits per heavy atom. The molecule has 1 aromatic heterocycles. The lowest BCUT2D eigenvalue weighted by Gasteiger charge is -2.37. The van der Waals surface area contributed by atoms with Gasteiger partial charge in [-0.2, -0.15) is 0 Å². The minimum absolute atomic E-state index is 0.0566. The van der Waals surface area contributed by atoms with Gasteiger partial charge in [0.1, 0.15) is 5.82 Å². The molecule has 4 heteroatoms. The van der Waals surface area contributed by atoms with Crippen molar-refractivity contribution in [1.29, 1.82) is 0 Å². The molecule has 0 saturated carbocycles. The minimum atomic E-state index is -0.285. The van der Waals surface area contributed by atoms with Gasteiger partial charge < -0.3 is 15.8 Å². The SMILES string of the molecule is CCCNC(c1cccnc1N)C(C)(CC)OC. The number of hydrogen-bond acceptors (Lipinski definition) is 4. The van der Waals surface area contributed by atoms with E-state index in [1.165, 1.54) is 0 Å². The zero-order valence-corrected chi connectivity index (χ0v) is 11.9. The third-order valence-corrected chi connectivity index (χ3v) is 3.56. The number of ether oxygens (including phenoxy) is 1. The van der Waals surface area contributed by atoms with Crippen LogP contribution in [0.5, 0.6) is 0 Å². The highest BCUT2D eigenvalue weighted by Crippen LogP contribution is 2.33. The Hall–Kier alpha value is -1.13. The number of hydrogen-bond donors (Lipinski definition) is 2. The van der Waals surface area contributed by atoms with Gasteiger partial charge in [0, 0.05) is 18.9 Å². The van der Waals surface area contributed by atoms with Gasteiger partial charge in [0.2, 0.25) is 0 Å². The number of pyridine rings is 1. The zero-order chi connectivity index (χ0) is 13.6. The van der Waals surface area contributed by atoms with Crippen LogP contribution in [0.4, 0.5) is 5.82 Å². The standard InChI is InChI=1S/C14H25N3O/c1-5-9-16-12(14(3,6-2)18-4)11-8-7-10-17-13(11)15/h7-8,10,12,16H,5-6,9H2,1-4H3,(H2,15,17). The van der Waals surface area contributed by atoms with Gasteiger partial charge in [-0.25, -0.2) is 4.98 Å². The van der Waals surface area contributed by atoms with Crippen LogP contribution in [0.25, 0.3) is 0 Å². The highest BCUT2D eigenvalue weighted by Gasteiger charge is 2.34. The average molecular weight is 251 g/mol. The molecule has 0 bridgehead atoms. The van der Waals surface area contributed by atoms with E-state index in [1.54, 1.807) is 13.3 Å². The molecule has 102 valence electrons. The van der Waals surface area contributed by atoms with Crippen molar-refractivity contribution >= 4 is 5.82 Å². The second-order valence-electron chi connectivity index (χ2n) is 4.74. The van der Waals surface area contributed by atoms with Crippen molar-refractivity contribution in [2.24, 2.45) is 0 Å². The van der Waals surface area contributed by atoms with Crippen LogP contribution in [-0.4, -0.2) is 24.2 Å². The molecule has 0 amide bonds. The van der Waals surface area contributed by atoms with E-state index in [9.17, 15) is 0 Å². The van der Waals surface area contributed by atoms with Crippen LogP contribution in [0.15, 0.2) is 18.3 Å². The van der Waals surface area contributed by atoms with Crippen LogP contribution in [0.2, 0.25) is 0 Å². The lowest BCUT2D eigenvalue weighted by molar-refractivity contribution is -0.0298. The number of aromatic nitrogens is 1. The monoisotopic (exact) mass is 251 g/mol. The van der Waals surface area contributed by atoms with E-state index in [2.05, 4.69) is 31.1 Å². The summed E-state index contributed by atoms with van der Waals surface area (Å²) in [6.45, 7) is 7.30. The molecule has 4 nitrogen and oxygen atoms in total. The van der Waals surface area contributed by atoms with Crippen molar-refractivity contribution in [3.63, 3.8) is 0 Å². The molecule has 0 aliphatic carbocycles. The number of rotatable bonds is 7. The second-order valence-corrected chi connectivity index (χ2v) is 4.74. The van der Waals surface area contributed by atoms with Crippen molar-refractivity contribution in [3.8, 4) is 0 Å². The highest BCUT2D eigenvalue weighted by atomic mass is 16.5. The Labute approximate surface area is 110 Å². The highest BCUT2D eigenvalue weighted by molar-refractivity contribution is 5.42. The molecule has 0 spiro atoms. The summed E-state index contributed by atoms with van der Waals surface area (Å²) in [5.74, 6) is 0.572. The molecule has 3 N–H and O–H groups in total. The average Bonchev–Trinajstić information content (AvgIpc) is 2.40. The summed E-state index contributed by atoms with van der Waals surface area (Å²) in [6.07, 6.45) is 3.69. The van der Waals surface area contributed by atoms with Crippen LogP contribution in [0.3, 0.4) is 0 Å². The molecule has 1 aromatic rings. The van der Waals surface area contributed by atoms with Gasteiger partial charge in [-0.05, 0) is 32.4 Å². The molecule has 18 heavy (non-hydrogen) atoms. The molecule has 0 aromatic carbocycles. The van der Waals surface area contributed by atoms with Gasteiger partial charge in [0.15, 0.2) is 0 Å². The molecule has 2 unspecified atom stereocenters. The van der Waals surface area contributed by atoms with Gasteiger partial charge in [0.25, 0.3) is 0 Å². The maximum absolute atomic E-state index is 5.99. The maximum Gasteiger partial charge on any atom is 0.128 e. The van der Waals surface area contributed by atoms with E-state index in [-0.39, 0.29) is 11.6 Å². The Bertz CT molecular complexity index is 364. The topological polar surface area (TPSA) is 60.2 Å². The summed E-state index contributed by atoms with van der Waals surface area (Å²) in [4.78, 5) is 4.17. The van der Waals surface area contributed by atoms with E-state index < -0.39 is 0 Å². The molecule has 0 fully saturated rings. The van der Waals surface area contributed by atoms with Crippen molar-refractivity contribution in [1.82, 2.24) is 10.3 Å². The minimum Gasteiger partial charge on any atom is -0.383 e. The largest absolute Gasteiger partial charge is 0.383 e. The summed E-state index contributed by atoms with van der Waals surface area (Å²) in [6, 6.07) is 3.99. The fourth-order valence-electron chi connectivity index (χ4n) is 2.08. The predicted molar refractivity (Wildman–Crippen MR) is 75.4 cm³/mol. The van der Waals surface area contributed by atoms with Crippen molar-refractivity contribution in [3.05, 3.63) is 23.9 Å². The van der Waals surface area contributed by atoms with Crippen molar-refractivity contribution < 1.29 is 4.74 Å². The third-order valence-electron chi connectivity index (χ3n) is 3.56. The molecular weight excluding hydrogens is 226 g/mol. The van der Waals surface area contributed by atoms with Crippen LogP contribution in [0, 0.1) is 0 Å². The molecular formula is C14H25N3O. The van der Waals surface area contributed by atoms with E-state index in [1.807, 2.05) is 12.1 Å². The number of nitrogens with one attached hydrogen (secondary N) is 1. The number of nitrogen functional groups attached to an aromatic ring is 1. The van der Waals surface area contributed by atoms with Gasteiger partial charge in [-0.15, -0.1) is 0 Å². The molecule has 0 saturated heterocycles. The lowest BCUT2D eigenvalue weighted by Crippen LogP contribution is -2.43. The number of nitrogens with two attached hydrogens (primary N) is 1. The zero-order valence-electron chi connectivity index (χ0n) is 11.9. The van der Waals surface area contributed by atoms with Crippen LogP contribution >= 0.6 is 0 Å². The normalized spacial score (nSPS) is 16.2. The smallest absolute Gasteiger partial charge is 0.128 e. The van der Waals surface area contributed by atoms with Crippen LogP contribution in [0.1, 0.15) is 45.2 Å². The fourth-order valence-corrected chi connectivity index (χ4v) is 2.08. The molecule has 0 radical (unpaired) electrons. The van der Waals surface area contributed by atoms with Crippen molar-refractivity contribution in [2.45, 2.75) is 45.3 Å². The third kappa shape index (κ3) is 3.21. The van der Waals surface area contributed by atoms with E-state index in [4.69, 9.17) is 10.5 Å². The first-order valence-electron chi connectivity index (χ1n) is 6.58. The van der Waals surface area contributed by atoms with Gasteiger partial charge in [-0.1, -0.05) is 19.9 Å². The first-order chi connectivity index (χ1) is 8.59. The van der Waals surface area contributed by atoms with E-state index in [0.717, 1.165) is 24.9 Å². The molecule has 2 atom stereocenters. The molecule has 0 aliphatic rings. The number of methoxy groups -OCH3 is 1. The predicted octanol–water partition coefficient (Wildman–Crippen LogP) is 2.52. The van der Waals surface area contributed by atoms with E-state index in [0.29, 0.717) is 5.82 Å². The number of anilines is 1. The fraction of sp³-hybridized carbons (Fsp3) is 0.643. The van der Waals surface area contributed by atoms with E-state index >= 15 is 0 Å². The van der Waals surface area contributed by atoms with Crippen molar-refractivity contribution in [2.75, 3.05) is 19.4 Å². The van der Waals surface area contributed by atoms with Crippen LogP contribution < -0.4 is 11.1 Å². The molecule has 1 rings (SSSR count). The van der Waals surface area contributed by atoms with Gasteiger partial charge in [0.05, 0.1) is 11.6 Å². The van der Waals surface area contributed by atoms with Crippen LogP contribution in [-0.2, 0) is 4.74 Å². The summed E-state index contributed by atoms with van der Waals surface area (Å²) in [5, 5.41) is 3.52. The lowest BCUT2D eigenvalue weighted by atomic mass is 9.87. The van der Waals surface area contributed by atoms with Gasteiger partial charge in [-0.3, -0.25) is 0 Å². The Balaban J connectivity index is 3.09.